The van der Waals surface area contributed by atoms with Crippen LogP contribution in [0.2, 0.25) is 0 Å². The molecule has 0 radical (unpaired) electrons. The van der Waals surface area contributed by atoms with Gasteiger partial charge in [0.25, 0.3) is 0 Å². The highest BCUT2D eigenvalue weighted by atomic mass is 32.2. The van der Waals surface area contributed by atoms with Crippen molar-refractivity contribution < 1.29 is 9.53 Å². The van der Waals surface area contributed by atoms with Crippen molar-refractivity contribution in [2.45, 2.75) is 69.4 Å². The number of carbonyl (C=O) groups is 1. The first-order valence-corrected chi connectivity index (χ1v) is 8.93. The number of hydrogen-bond donors (Lipinski definition) is 1. The lowest BCUT2D eigenvalue weighted by atomic mass is 10.2. The summed E-state index contributed by atoms with van der Waals surface area (Å²) in [5.74, 6) is 0. The Hall–Kier alpha value is -0.420. The lowest BCUT2D eigenvalue weighted by Gasteiger charge is -2.25. The maximum absolute atomic E-state index is 12.0. The Labute approximate surface area is 127 Å². The molecule has 2 rings (SSSR count). The van der Waals surface area contributed by atoms with Gasteiger partial charge in [-0.3, -0.25) is 0 Å². The van der Waals surface area contributed by atoms with Crippen LogP contribution in [0, 0.1) is 0 Å². The summed E-state index contributed by atoms with van der Waals surface area (Å²) in [4.78, 5) is 13.9. The summed E-state index contributed by atoms with van der Waals surface area (Å²) < 4.78 is 5.43. The molecule has 1 saturated heterocycles. The Morgan fingerprint density at radius 3 is 2.60 bits per heavy atom. The van der Waals surface area contributed by atoms with Gasteiger partial charge >= 0.3 is 6.09 Å². The lowest BCUT2D eigenvalue weighted by Crippen LogP contribution is -2.41. The zero-order valence-corrected chi connectivity index (χ0v) is 14.0. The lowest BCUT2D eigenvalue weighted by molar-refractivity contribution is 0.0290. The van der Waals surface area contributed by atoms with Gasteiger partial charge in [-0.1, -0.05) is 0 Å². The van der Waals surface area contributed by atoms with Gasteiger partial charge in [0.1, 0.15) is 5.60 Å². The van der Waals surface area contributed by atoms with Crippen molar-refractivity contribution >= 4 is 17.9 Å². The Morgan fingerprint density at radius 1 is 1.25 bits per heavy atom. The molecule has 1 heterocycles. The number of thioether (sulfide) groups is 1. The molecule has 1 amide bonds. The first-order valence-electron chi connectivity index (χ1n) is 7.64. The Bertz CT molecular complexity index is 343. The normalized spacial score (nSPS) is 30.8. The van der Waals surface area contributed by atoms with Gasteiger partial charge in [-0.2, -0.15) is 11.8 Å². The van der Waals surface area contributed by atoms with Crippen molar-refractivity contribution in [1.29, 1.82) is 0 Å². The molecular formula is C15H28N2O2S. The molecule has 1 aliphatic heterocycles. The molecule has 0 spiro atoms. The fourth-order valence-electron chi connectivity index (χ4n) is 3.03. The molecule has 0 aromatic carbocycles. The molecule has 0 aromatic rings. The van der Waals surface area contributed by atoms with E-state index in [-0.39, 0.29) is 6.09 Å². The van der Waals surface area contributed by atoms with E-state index in [1.165, 1.54) is 19.3 Å². The van der Waals surface area contributed by atoms with Crippen molar-refractivity contribution in [3.63, 3.8) is 0 Å². The molecule has 0 aromatic heterocycles. The standard InChI is InChI=1S/C15H28N2O2S/c1-15(2,3)19-14(18)17-8-7-12(10-17)16-11-5-6-13(9-11)20-4/h11-13,16H,5-10H2,1-4H3. The van der Waals surface area contributed by atoms with Crippen LogP contribution in [-0.2, 0) is 4.74 Å². The maximum Gasteiger partial charge on any atom is 0.410 e. The average molecular weight is 300 g/mol. The van der Waals surface area contributed by atoms with Crippen molar-refractivity contribution in [3.8, 4) is 0 Å². The second-order valence-corrected chi connectivity index (χ2v) is 8.08. The van der Waals surface area contributed by atoms with Crippen molar-refractivity contribution in [2.24, 2.45) is 0 Å². The molecule has 2 aliphatic rings. The first kappa shape index (κ1) is 16.0. The zero-order valence-electron chi connectivity index (χ0n) is 13.1. The third-order valence-corrected chi connectivity index (χ3v) is 5.12. The molecule has 1 saturated carbocycles. The summed E-state index contributed by atoms with van der Waals surface area (Å²) in [6, 6.07) is 1.07. The van der Waals surface area contributed by atoms with E-state index in [1.54, 1.807) is 0 Å². The van der Waals surface area contributed by atoms with E-state index in [9.17, 15) is 4.79 Å². The first-order chi connectivity index (χ1) is 9.37. The summed E-state index contributed by atoms with van der Waals surface area (Å²) in [6.45, 7) is 7.34. The molecule has 3 unspecified atom stereocenters. The Morgan fingerprint density at radius 2 is 2.00 bits per heavy atom. The van der Waals surface area contributed by atoms with E-state index >= 15 is 0 Å². The molecule has 2 fully saturated rings. The number of nitrogens with one attached hydrogen (secondary N) is 1. The zero-order chi connectivity index (χ0) is 14.8. The van der Waals surface area contributed by atoms with E-state index in [1.807, 2.05) is 37.4 Å². The summed E-state index contributed by atoms with van der Waals surface area (Å²) in [7, 11) is 0. The van der Waals surface area contributed by atoms with Crippen LogP contribution in [0.5, 0.6) is 0 Å². The Balaban J connectivity index is 1.74. The molecule has 20 heavy (non-hydrogen) atoms. The Kier molecular flexibility index (Phi) is 5.24. The molecule has 0 bridgehead atoms. The number of nitrogens with zero attached hydrogens (tertiary/aromatic N) is 1. The van der Waals surface area contributed by atoms with Gasteiger partial charge in [0.05, 0.1) is 0 Å². The van der Waals surface area contributed by atoms with E-state index in [0.717, 1.165) is 24.8 Å². The molecule has 1 N–H and O–H groups in total. The number of amides is 1. The summed E-state index contributed by atoms with van der Waals surface area (Å²) in [5, 5.41) is 4.54. The highest BCUT2D eigenvalue weighted by molar-refractivity contribution is 7.99. The van der Waals surface area contributed by atoms with Crippen LogP contribution in [-0.4, -0.2) is 53.3 Å². The molecule has 5 heteroatoms. The predicted molar refractivity (Wildman–Crippen MR) is 84.3 cm³/mol. The van der Waals surface area contributed by atoms with Gasteiger partial charge in [-0.25, -0.2) is 4.79 Å². The van der Waals surface area contributed by atoms with Gasteiger partial charge in [-0.15, -0.1) is 0 Å². The topological polar surface area (TPSA) is 41.6 Å². The minimum absolute atomic E-state index is 0.171. The molecular weight excluding hydrogens is 272 g/mol. The third-order valence-electron chi connectivity index (χ3n) is 4.03. The fourth-order valence-corrected chi connectivity index (χ4v) is 3.82. The largest absolute Gasteiger partial charge is 0.444 e. The number of ether oxygens (including phenoxy) is 1. The molecule has 116 valence electrons. The van der Waals surface area contributed by atoms with Crippen molar-refractivity contribution in [3.05, 3.63) is 0 Å². The third kappa shape index (κ3) is 4.55. The molecule has 1 aliphatic carbocycles. The summed E-state index contributed by atoms with van der Waals surface area (Å²) in [6.07, 6.45) is 6.93. The van der Waals surface area contributed by atoms with E-state index in [0.29, 0.717) is 12.1 Å². The summed E-state index contributed by atoms with van der Waals surface area (Å²) >= 11 is 1.98. The second kappa shape index (κ2) is 6.56. The van der Waals surface area contributed by atoms with Gasteiger partial charge in [0.2, 0.25) is 0 Å². The fraction of sp³-hybridized carbons (Fsp3) is 0.933. The van der Waals surface area contributed by atoms with E-state index < -0.39 is 5.60 Å². The van der Waals surface area contributed by atoms with Crippen molar-refractivity contribution in [1.82, 2.24) is 10.2 Å². The monoisotopic (exact) mass is 300 g/mol. The van der Waals surface area contributed by atoms with Crippen molar-refractivity contribution in [2.75, 3.05) is 19.3 Å². The second-order valence-electron chi connectivity index (χ2n) is 6.95. The summed E-state index contributed by atoms with van der Waals surface area (Å²) in [5.41, 5.74) is -0.403. The van der Waals surface area contributed by atoms with E-state index in [2.05, 4.69) is 11.6 Å². The van der Waals surface area contributed by atoms with Gasteiger partial charge in [-0.05, 0) is 52.7 Å². The quantitative estimate of drug-likeness (QED) is 0.870. The number of carbonyl (C=O) groups excluding carboxylic acids is 1. The number of rotatable bonds is 3. The predicted octanol–water partition coefficient (Wildman–Crippen LogP) is 2.87. The van der Waals surface area contributed by atoms with E-state index in [4.69, 9.17) is 4.74 Å². The molecule has 4 nitrogen and oxygen atoms in total. The van der Waals surface area contributed by atoms with Gasteiger partial charge < -0.3 is 15.0 Å². The minimum Gasteiger partial charge on any atom is -0.444 e. The smallest absolute Gasteiger partial charge is 0.410 e. The minimum atomic E-state index is -0.403. The number of hydrogen-bond acceptors (Lipinski definition) is 4. The van der Waals surface area contributed by atoms with Gasteiger partial charge in [0.15, 0.2) is 0 Å². The highest BCUT2D eigenvalue weighted by Gasteiger charge is 2.32. The number of likely N-dealkylation sites (tertiary alicyclic amines) is 1. The van der Waals surface area contributed by atoms with Gasteiger partial charge in [0, 0.05) is 30.4 Å². The molecule has 3 atom stereocenters. The maximum atomic E-state index is 12.0. The average Bonchev–Trinajstić information content (AvgIpc) is 2.96. The highest BCUT2D eigenvalue weighted by Crippen LogP contribution is 2.29. The van der Waals surface area contributed by atoms with Crippen LogP contribution in [0.1, 0.15) is 46.5 Å². The van der Waals surface area contributed by atoms with Crippen LogP contribution in [0.3, 0.4) is 0 Å². The SMILES string of the molecule is CSC1CCC(NC2CCN(C(=O)OC(C)(C)C)C2)C1. The van der Waals surface area contributed by atoms with Crippen LogP contribution >= 0.6 is 11.8 Å². The van der Waals surface area contributed by atoms with Crippen LogP contribution in [0.15, 0.2) is 0 Å². The van der Waals surface area contributed by atoms with Crippen LogP contribution in [0.4, 0.5) is 4.79 Å². The van der Waals surface area contributed by atoms with Crippen LogP contribution in [0.25, 0.3) is 0 Å². The van der Waals surface area contributed by atoms with Crippen LogP contribution < -0.4 is 5.32 Å².